The second-order valence-electron chi connectivity index (χ2n) is 3.29. The zero-order valence-electron chi connectivity index (χ0n) is 9.53. The third kappa shape index (κ3) is 4.22. The molecule has 0 unspecified atom stereocenters. The topological polar surface area (TPSA) is 55.4 Å². The molecule has 1 amide bonds. The average Bonchev–Trinajstić information content (AvgIpc) is 2.29. The number of benzene rings is 1. The minimum absolute atomic E-state index is 0.0311. The lowest BCUT2D eigenvalue weighted by Gasteiger charge is -2.05. The molecule has 0 aliphatic rings. The number of nitrogens with one attached hydrogen (secondary N) is 1. The van der Waals surface area contributed by atoms with Crippen molar-refractivity contribution in [2.24, 2.45) is 0 Å². The van der Waals surface area contributed by atoms with Crippen molar-refractivity contribution in [3.8, 4) is 0 Å². The third-order valence-corrected chi connectivity index (χ3v) is 2.04. The van der Waals surface area contributed by atoms with Gasteiger partial charge in [0.2, 0.25) is 0 Å². The molecule has 0 bridgehead atoms. The van der Waals surface area contributed by atoms with E-state index in [4.69, 9.17) is 0 Å². The smallest absolute Gasteiger partial charge is 0.307 e. The van der Waals surface area contributed by atoms with E-state index in [1.54, 1.807) is 13.0 Å². The molecule has 0 spiro atoms. The summed E-state index contributed by atoms with van der Waals surface area (Å²) >= 11 is 0. The Hall–Kier alpha value is -1.91. The van der Waals surface area contributed by atoms with Gasteiger partial charge in [-0.1, -0.05) is 12.1 Å². The number of halogens is 1. The molecule has 0 saturated heterocycles. The fourth-order valence-corrected chi connectivity index (χ4v) is 1.25. The number of hydrogen-bond donors (Lipinski definition) is 1. The van der Waals surface area contributed by atoms with Crippen molar-refractivity contribution in [3.05, 3.63) is 35.6 Å². The first-order chi connectivity index (χ1) is 8.15. The van der Waals surface area contributed by atoms with E-state index in [9.17, 15) is 14.0 Å². The summed E-state index contributed by atoms with van der Waals surface area (Å²) in [6.07, 6.45) is 0.0774. The Morgan fingerprint density at radius 3 is 2.71 bits per heavy atom. The van der Waals surface area contributed by atoms with E-state index in [0.717, 1.165) is 0 Å². The van der Waals surface area contributed by atoms with Gasteiger partial charge < -0.3 is 10.1 Å². The maximum absolute atomic E-state index is 13.2. The van der Waals surface area contributed by atoms with Crippen LogP contribution in [0.4, 0.5) is 4.39 Å². The Morgan fingerprint density at radius 2 is 2.06 bits per heavy atom. The number of ether oxygens (including phenoxy) is 1. The maximum atomic E-state index is 13.2. The van der Waals surface area contributed by atoms with Gasteiger partial charge in [-0.05, 0) is 19.1 Å². The summed E-state index contributed by atoms with van der Waals surface area (Å²) in [6, 6.07) is 5.67. The van der Waals surface area contributed by atoms with Crippen molar-refractivity contribution in [3.63, 3.8) is 0 Å². The molecule has 0 saturated carbocycles. The Balaban J connectivity index is 2.41. The van der Waals surface area contributed by atoms with Gasteiger partial charge in [0.05, 0.1) is 18.6 Å². The average molecular weight is 239 g/mol. The molecule has 0 aliphatic heterocycles. The zero-order chi connectivity index (χ0) is 12.7. The van der Waals surface area contributed by atoms with Gasteiger partial charge in [0.1, 0.15) is 5.82 Å². The van der Waals surface area contributed by atoms with Gasteiger partial charge in [-0.3, -0.25) is 9.59 Å². The van der Waals surface area contributed by atoms with Crippen LogP contribution in [0, 0.1) is 5.82 Å². The molecule has 1 aromatic carbocycles. The first-order valence-corrected chi connectivity index (χ1v) is 5.33. The molecule has 1 aromatic rings. The first kappa shape index (κ1) is 13.2. The van der Waals surface area contributed by atoms with E-state index in [0.29, 0.717) is 6.61 Å². The summed E-state index contributed by atoms with van der Waals surface area (Å²) < 4.78 is 17.9. The van der Waals surface area contributed by atoms with Crippen LogP contribution in [-0.4, -0.2) is 25.0 Å². The zero-order valence-corrected chi connectivity index (χ0v) is 9.53. The Kier molecular flexibility index (Phi) is 5.13. The fraction of sp³-hybridized carbons (Fsp3) is 0.333. The van der Waals surface area contributed by atoms with E-state index in [2.05, 4.69) is 10.1 Å². The summed E-state index contributed by atoms with van der Waals surface area (Å²) in [5.41, 5.74) is -0.0311. The normalized spacial score (nSPS) is 9.76. The maximum Gasteiger partial charge on any atom is 0.307 e. The summed E-state index contributed by atoms with van der Waals surface area (Å²) in [7, 11) is 0. The van der Waals surface area contributed by atoms with Crippen LogP contribution in [0.1, 0.15) is 23.7 Å². The molecule has 4 nitrogen and oxygen atoms in total. The Morgan fingerprint density at radius 1 is 1.35 bits per heavy atom. The van der Waals surface area contributed by atoms with Gasteiger partial charge in [0.15, 0.2) is 0 Å². The molecule has 0 aromatic heterocycles. The second kappa shape index (κ2) is 6.62. The predicted molar refractivity (Wildman–Crippen MR) is 60.0 cm³/mol. The summed E-state index contributed by atoms with van der Waals surface area (Å²) in [5, 5.41) is 2.45. The van der Waals surface area contributed by atoms with Crippen LogP contribution >= 0.6 is 0 Å². The lowest BCUT2D eigenvalue weighted by molar-refractivity contribution is -0.142. The van der Waals surface area contributed by atoms with E-state index >= 15 is 0 Å². The van der Waals surface area contributed by atoms with Crippen molar-refractivity contribution in [1.29, 1.82) is 0 Å². The minimum Gasteiger partial charge on any atom is -0.466 e. The molecule has 0 aliphatic carbocycles. The highest BCUT2D eigenvalue weighted by Gasteiger charge is 2.10. The van der Waals surface area contributed by atoms with Crippen LogP contribution in [0.2, 0.25) is 0 Å². The molecule has 92 valence electrons. The molecule has 0 atom stereocenters. The van der Waals surface area contributed by atoms with Crippen molar-refractivity contribution in [2.45, 2.75) is 13.3 Å². The largest absolute Gasteiger partial charge is 0.466 e. The molecule has 0 fully saturated rings. The molecule has 0 heterocycles. The summed E-state index contributed by atoms with van der Waals surface area (Å²) in [4.78, 5) is 22.5. The lowest BCUT2D eigenvalue weighted by Crippen LogP contribution is -2.27. The standard InChI is InChI=1S/C12H14FNO3/c1-2-17-11(15)7-8-14-12(16)9-5-3-4-6-10(9)13/h3-6H,2,7-8H2,1H3,(H,14,16). The molecular weight excluding hydrogens is 225 g/mol. The van der Waals surface area contributed by atoms with Crippen LogP contribution < -0.4 is 5.32 Å². The van der Waals surface area contributed by atoms with E-state index < -0.39 is 11.7 Å². The van der Waals surface area contributed by atoms with Gasteiger partial charge in [-0.25, -0.2) is 4.39 Å². The number of rotatable bonds is 5. The molecule has 1 rings (SSSR count). The van der Waals surface area contributed by atoms with Crippen molar-refractivity contribution >= 4 is 11.9 Å². The minimum atomic E-state index is -0.582. The summed E-state index contributed by atoms with van der Waals surface area (Å²) in [5.74, 6) is -1.50. The predicted octanol–water partition coefficient (Wildman–Crippen LogP) is 1.51. The number of carbonyl (C=O) groups is 2. The van der Waals surface area contributed by atoms with E-state index in [1.807, 2.05) is 0 Å². The highest BCUT2D eigenvalue weighted by molar-refractivity contribution is 5.94. The van der Waals surface area contributed by atoms with Crippen molar-refractivity contribution in [1.82, 2.24) is 5.32 Å². The van der Waals surface area contributed by atoms with E-state index in [1.165, 1.54) is 18.2 Å². The van der Waals surface area contributed by atoms with Crippen LogP contribution in [0.15, 0.2) is 24.3 Å². The van der Waals surface area contributed by atoms with E-state index in [-0.39, 0.29) is 24.5 Å². The molecular formula is C12H14FNO3. The van der Waals surface area contributed by atoms with Gasteiger partial charge in [0.25, 0.3) is 5.91 Å². The number of hydrogen-bond acceptors (Lipinski definition) is 3. The van der Waals surface area contributed by atoms with Crippen LogP contribution in [-0.2, 0) is 9.53 Å². The third-order valence-electron chi connectivity index (χ3n) is 2.04. The SMILES string of the molecule is CCOC(=O)CCNC(=O)c1ccccc1F. The fourth-order valence-electron chi connectivity index (χ4n) is 1.25. The van der Waals surface area contributed by atoms with Gasteiger partial charge in [0, 0.05) is 6.54 Å². The van der Waals surface area contributed by atoms with Gasteiger partial charge in [-0.15, -0.1) is 0 Å². The lowest BCUT2D eigenvalue weighted by atomic mass is 10.2. The molecule has 5 heteroatoms. The molecule has 0 radical (unpaired) electrons. The highest BCUT2D eigenvalue weighted by atomic mass is 19.1. The quantitative estimate of drug-likeness (QED) is 0.792. The molecule has 1 N–H and O–H groups in total. The number of esters is 1. The highest BCUT2D eigenvalue weighted by Crippen LogP contribution is 2.05. The monoisotopic (exact) mass is 239 g/mol. The molecule has 17 heavy (non-hydrogen) atoms. The number of carbonyl (C=O) groups excluding carboxylic acids is 2. The summed E-state index contributed by atoms with van der Waals surface area (Å²) in [6.45, 7) is 2.14. The van der Waals surface area contributed by atoms with Gasteiger partial charge in [-0.2, -0.15) is 0 Å². The van der Waals surface area contributed by atoms with Crippen molar-refractivity contribution in [2.75, 3.05) is 13.2 Å². The number of amides is 1. The van der Waals surface area contributed by atoms with Crippen LogP contribution in [0.5, 0.6) is 0 Å². The van der Waals surface area contributed by atoms with Gasteiger partial charge >= 0.3 is 5.97 Å². The van der Waals surface area contributed by atoms with Crippen molar-refractivity contribution < 1.29 is 18.7 Å². The Labute approximate surface area is 98.8 Å². The van der Waals surface area contributed by atoms with Crippen LogP contribution in [0.25, 0.3) is 0 Å². The Bertz CT molecular complexity index is 406. The second-order valence-corrected chi connectivity index (χ2v) is 3.29. The first-order valence-electron chi connectivity index (χ1n) is 5.33. The van der Waals surface area contributed by atoms with Crippen LogP contribution in [0.3, 0.4) is 0 Å².